The molecule has 5 nitrogen and oxygen atoms in total. The number of benzene rings is 1. The van der Waals surface area contributed by atoms with Crippen LogP contribution in [0.3, 0.4) is 0 Å². The monoisotopic (exact) mass is 305 g/mol. The first-order valence-corrected chi connectivity index (χ1v) is 7.27. The van der Waals surface area contributed by atoms with Crippen LogP contribution < -0.4 is 14.8 Å². The normalized spacial score (nSPS) is 12.5. The van der Waals surface area contributed by atoms with Crippen molar-refractivity contribution >= 4 is 17.4 Å². The maximum atomic E-state index is 6.14. The number of nitrogens with zero attached hydrogens (tertiary/aromatic N) is 2. The molecule has 0 atom stereocenters. The van der Waals surface area contributed by atoms with Gasteiger partial charge in [0, 0.05) is 12.1 Å². The van der Waals surface area contributed by atoms with Crippen molar-refractivity contribution in [2.45, 2.75) is 26.3 Å². The average molecular weight is 306 g/mol. The van der Waals surface area contributed by atoms with Gasteiger partial charge in [0.2, 0.25) is 6.79 Å². The minimum Gasteiger partial charge on any atom is -0.454 e. The van der Waals surface area contributed by atoms with Gasteiger partial charge >= 0.3 is 0 Å². The molecule has 21 heavy (non-hydrogen) atoms. The highest BCUT2D eigenvalue weighted by molar-refractivity contribution is 6.30. The van der Waals surface area contributed by atoms with Crippen LogP contribution in [0.2, 0.25) is 5.15 Å². The fourth-order valence-corrected chi connectivity index (χ4v) is 2.48. The van der Waals surface area contributed by atoms with Crippen LogP contribution in [-0.4, -0.2) is 16.8 Å². The van der Waals surface area contributed by atoms with Gasteiger partial charge in [-0.3, -0.25) is 0 Å². The van der Waals surface area contributed by atoms with Crippen LogP contribution in [-0.2, 0) is 13.0 Å². The lowest BCUT2D eigenvalue weighted by atomic mass is 10.1. The van der Waals surface area contributed by atoms with Crippen LogP contribution in [0.25, 0.3) is 0 Å². The first-order valence-electron chi connectivity index (χ1n) is 6.89. The van der Waals surface area contributed by atoms with E-state index in [2.05, 4.69) is 22.2 Å². The Kier molecular flexibility index (Phi) is 4.10. The van der Waals surface area contributed by atoms with Gasteiger partial charge in [-0.05, 0) is 24.1 Å². The molecule has 0 saturated heterocycles. The first kappa shape index (κ1) is 13.9. The number of hydrogen-bond donors (Lipinski definition) is 1. The summed E-state index contributed by atoms with van der Waals surface area (Å²) in [4.78, 5) is 8.32. The zero-order chi connectivity index (χ0) is 14.7. The van der Waals surface area contributed by atoms with Crippen molar-refractivity contribution in [1.82, 2.24) is 9.97 Å². The van der Waals surface area contributed by atoms with Gasteiger partial charge in [-0.2, -0.15) is 0 Å². The summed E-state index contributed by atoms with van der Waals surface area (Å²) < 4.78 is 10.7. The lowest BCUT2D eigenvalue weighted by Gasteiger charge is -2.11. The molecule has 6 heteroatoms. The fourth-order valence-electron chi connectivity index (χ4n) is 2.25. The Morgan fingerprint density at radius 1 is 1.24 bits per heavy atom. The number of halogens is 1. The highest BCUT2D eigenvalue weighted by Gasteiger charge is 2.14. The number of fused-ring (bicyclic) bond motifs is 1. The summed E-state index contributed by atoms with van der Waals surface area (Å²) in [5, 5.41) is 3.83. The van der Waals surface area contributed by atoms with Crippen molar-refractivity contribution in [2.75, 3.05) is 12.1 Å². The van der Waals surface area contributed by atoms with E-state index in [-0.39, 0.29) is 6.79 Å². The SMILES string of the molecule is CCCc1c(Cl)ncnc1NCc1ccc2c(c1)OCO2. The van der Waals surface area contributed by atoms with Crippen molar-refractivity contribution in [2.24, 2.45) is 0 Å². The summed E-state index contributed by atoms with van der Waals surface area (Å²) in [6.07, 6.45) is 3.32. The molecule has 0 spiro atoms. The van der Waals surface area contributed by atoms with Crippen LogP contribution in [0.15, 0.2) is 24.5 Å². The van der Waals surface area contributed by atoms with Gasteiger partial charge < -0.3 is 14.8 Å². The molecular weight excluding hydrogens is 290 g/mol. The summed E-state index contributed by atoms with van der Waals surface area (Å²) in [5.41, 5.74) is 2.05. The standard InChI is InChI=1S/C15H16ClN3O2/c1-2-3-11-14(16)18-8-19-15(11)17-7-10-4-5-12-13(6-10)21-9-20-12/h4-6,8H,2-3,7,9H2,1H3,(H,17,18,19). The summed E-state index contributed by atoms with van der Waals surface area (Å²) in [6, 6.07) is 5.89. The van der Waals surface area contributed by atoms with Gasteiger partial charge in [-0.1, -0.05) is 31.0 Å². The maximum Gasteiger partial charge on any atom is 0.231 e. The first-order chi connectivity index (χ1) is 10.3. The average Bonchev–Trinajstić information content (AvgIpc) is 2.95. The molecule has 0 aliphatic carbocycles. The minimum atomic E-state index is 0.286. The van der Waals surface area contributed by atoms with Gasteiger partial charge in [-0.15, -0.1) is 0 Å². The van der Waals surface area contributed by atoms with Gasteiger partial charge in [-0.25, -0.2) is 9.97 Å². The molecule has 0 unspecified atom stereocenters. The number of rotatable bonds is 5. The van der Waals surface area contributed by atoms with Crippen LogP contribution in [0, 0.1) is 0 Å². The second-order valence-corrected chi connectivity index (χ2v) is 5.14. The third kappa shape index (κ3) is 3.03. The summed E-state index contributed by atoms with van der Waals surface area (Å²) >= 11 is 6.14. The van der Waals surface area contributed by atoms with Crippen LogP contribution in [0.1, 0.15) is 24.5 Å². The maximum absolute atomic E-state index is 6.14. The van der Waals surface area contributed by atoms with Gasteiger partial charge in [0.05, 0.1) is 0 Å². The Hall–Kier alpha value is -2.01. The number of anilines is 1. The Morgan fingerprint density at radius 2 is 2.10 bits per heavy atom. The molecule has 1 aromatic heterocycles. The Morgan fingerprint density at radius 3 is 2.95 bits per heavy atom. The summed E-state index contributed by atoms with van der Waals surface area (Å²) in [5.74, 6) is 2.36. The zero-order valence-electron chi connectivity index (χ0n) is 11.7. The molecule has 0 radical (unpaired) electrons. The van der Waals surface area contributed by atoms with Crippen molar-refractivity contribution in [1.29, 1.82) is 0 Å². The van der Waals surface area contributed by atoms with Crippen LogP contribution in [0.5, 0.6) is 11.5 Å². The molecule has 0 saturated carbocycles. The molecule has 1 N–H and O–H groups in total. The lowest BCUT2D eigenvalue weighted by Crippen LogP contribution is -2.06. The van der Waals surface area contributed by atoms with E-state index in [0.29, 0.717) is 11.7 Å². The third-order valence-corrected chi connectivity index (χ3v) is 3.62. The second kappa shape index (κ2) is 6.18. The molecule has 110 valence electrons. The van der Waals surface area contributed by atoms with Gasteiger partial charge in [0.25, 0.3) is 0 Å². The molecule has 0 amide bonds. The molecule has 1 aromatic carbocycles. The minimum absolute atomic E-state index is 0.286. The smallest absolute Gasteiger partial charge is 0.231 e. The Labute approximate surface area is 128 Å². The predicted molar refractivity (Wildman–Crippen MR) is 80.9 cm³/mol. The van der Waals surface area contributed by atoms with Crippen molar-refractivity contribution in [3.05, 3.63) is 40.8 Å². The molecule has 2 heterocycles. The fraction of sp³-hybridized carbons (Fsp3) is 0.333. The van der Waals surface area contributed by atoms with E-state index >= 15 is 0 Å². The van der Waals surface area contributed by atoms with E-state index < -0.39 is 0 Å². The van der Waals surface area contributed by atoms with Crippen molar-refractivity contribution < 1.29 is 9.47 Å². The Bertz CT molecular complexity index is 649. The number of hydrogen-bond acceptors (Lipinski definition) is 5. The van der Waals surface area contributed by atoms with E-state index in [1.165, 1.54) is 6.33 Å². The topological polar surface area (TPSA) is 56.3 Å². The molecule has 2 aromatic rings. The number of nitrogens with one attached hydrogen (secondary N) is 1. The molecular formula is C15H16ClN3O2. The molecule has 1 aliphatic heterocycles. The number of aromatic nitrogens is 2. The summed E-state index contributed by atoms with van der Waals surface area (Å²) in [7, 11) is 0. The van der Waals surface area contributed by atoms with Crippen molar-refractivity contribution in [3.63, 3.8) is 0 Å². The van der Waals surface area contributed by atoms with E-state index in [0.717, 1.165) is 41.3 Å². The van der Waals surface area contributed by atoms with E-state index in [4.69, 9.17) is 21.1 Å². The third-order valence-electron chi connectivity index (χ3n) is 3.29. The molecule has 1 aliphatic rings. The lowest BCUT2D eigenvalue weighted by molar-refractivity contribution is 0.174. The zero-order valence-corrected chi connectivity index (χ0v) is 12.5. The van der Waals surface area contributed by atoms with E-state index in [1.54, 1.807) is 0 Å². The highest BCUT2D eigenvalue weighted by atomic mass is 35.5. The second-order valence-electron chi connectivity index (χ2n) is 4.78. The van der Waals surface area contributed by atoms with Gasteiger partial charge in [0.15, 0.2) is 11.5 Å². The van der Waals surface area contributed by atoms with E-state index in [9.17, 15) is 0 Å². The predicted octanol–water partition coefficient (Wildman–Crippen LogP) is 3.42. The number of ether oxygens (including phenoxy) is 2. The highest BCUT2D eigenvalue weighted by Crippen LogP contribution is 2.32. The molecule has 0 fully saturated rings. The largest absolute Gasteiger partial charge is 0.454 e. The molecule has 0 bridgehead atoms. The molecule has 3 rings (SSSR count). The summed E-state index contributed by atoms with van der Waals surface area (Å²) in [6.45, 7) is 3.03. The quantitative estimate of drug-likeness (QED) is 0.858. The Balaban J connectivity index is 1.74. The van der Waals surface area contributed by atoms with Crippen LogP contribution >= 0.6 is 11.6 Å². The van der Waals surface area contributed by atoms with E-state index in [1.807, 2.05) is 18.2 Å². The van der Waals surface area contributed by atoms with Crippen molar-refractivity contribution in [3.8, 4) is 11.5 Å². The van der Waals surface area contributed by atoms with Crippen LogP contribution in [0.4, 0.5) is 5.82 Å². The van der Waals surface area contributed by atoms with Gasteiger partial charge in [0.1, 0.15) is 17.3 Å².